The molecule has 2 unspecified atom stereocenters. The summed E-state index contributed by atoms with van der Waals surface area (Å²) in [7, 11) is 1.39. The average Bonchev–Trinajstić information content (AvgIpc) is 2.59. The molecule has 0 heterocycles. The number of carboxylic acid groups (broad SMARTS) is 1. The number of ketones is 1. The first kappa shape index (κ1) is 23.3. The Hall–Kier alpha value is -2.69. The molecule has 5 N–H and O–H groups in total. The van der Waals surface area contributed by atoms with Crippen LogP contribution in [-0.4, -0.2) is 67.6 Å². The van der Waals surface area contributed by atoms with Crippen LogP contribution in [-0.2, 0) is 23.9 Å². The standard InChI is InChI=1S/C14H24N6O6/c1-17-12(22)8-10(19-13(23)7-9(15)14(24)25)11(21)3-2-5-26-6-4-18-20-16/h9-10H,2-8,15H2,1H3,(H,17,22)(H,19,23)(H,24,25). The highest BCUT2D eigenvalue weighted by Gasteiger charge is 2.25. The Morgan fingerprint density at radius 2 is 1.92 bits per heavy atom. The van der Waals surface area contributed by atoms with Gasteiger partial charge in [-0.15, -0.1) is 0 Å². The van der Waals surface area contributed by atoms with E-state index >= 15 is 0 Å². The zero-order valence-electron chi connectivity index (χ0n) is 14.5. The van der Waals surface area contributed by atoms with E-state index in [1.165, 1.54) is 7.05 Å². The Morgan fingerprint density at radius 1 is 1.23 bits per heavy atom. The number of carbonyl (C=O) groups excluding carboxylic acids is 3. The predicted octanol–water partition coefficient (Wildman–Crippen LogP) is -0.914. The van der Waals surface area contributed by atoms with Crippen LogP contribution in [0.3, 0.4) is 0 Å². The topological polar surface area (TPSA) is 197 Å². The van der Waals surface area contributed by atoms with E-state index in [0.717, 1.165) is 0 Å². The van der Waals surface area contributed by atoms with Crippen LogP contribution in [0.15, 0.2) is 5.11 Å². The Kier molecular flexibility index (Phi) is 12.2. The highest BCUT2D eigenvalue weighted by atomic mass is 16.5. The summed E-state index contributed by atoms with van der Waals surface area (Å²) in [5.74, 6) is -2.90. The van der Waals surface area contributed by atoms with Gasteiger partial charge in [0.25, 0.3) is 0 Å². The van der Waals surface area contributed by atoms with Crippen molar-refractivity contribution in [2.24, 2.45) is 10.8 Å². The molecule has 0 fully saturated rings. The molecule has 0 aromatic rings. The third kappa shape index (κ3) is 11.0. The third-order valence-corrected chi connectivity index (χ3v) is 3.23. The molecule has 2 amide bonds. The van der Waals surface area contributed by atoms with Gasteiger partial charge in [0.15, 0.2) is 5.78 Å². The van der Waals surface area contributed by atoms with Gasteiger partial charge in [-0.05, 0) is 12.0 Å². The van der Waals surface area contributed by atoms with E-state index in [2.05, 4.69) is 20.7 Å². The lowest BCUT2D eigenvalue weighted by Crippen LogP contribution is -2.46. The first-order chi connectivity index (χ1) is 12.3. The molecule has 12 heteroatoms. The predicted molar refractivity (Wildman–Crippen MR) is 89.9 cm³/mol. The van der Waals surface area contributed by atoms with Gasteiger partial charge in [0.1, 0.15) is 6.04 Å². The Morgan fingerprint density at radius 3 is 2.50 bits per heavy atom. The van der Waals surface area contributed by atoms with Gasteiger partial charge in [0, 0.05) is 31.5 Å². The van der Waals surface area contributed by atoms with Crippen molar-refractivity contribution in [3.8, 4) is 0 Å². The number of azide groups is 1. The van der Waals surface area contributed by atoms with Crippen molar-refractivity contribution in [1.29, 1.82) is 0 Å². The molecule has 0 spiro atoms. The van der Waals surface area contributed by atoms with Gasteiger partial charge >= 0.3 is 5.97 Å². The number of amides is 2. The molecule has 0 aromatic carbocycles. The second kappa shape index (κ2) is 13.6. The summed E-state index contributed by atoms with van der Waals surface area (Å²) in [6, 6.07) is -2.47. The van der Waals surface area contributed by atoms with E-state index in [1.54, 1.807) is 0 Å². The Labute approximate surface area is 150 Å². The van der Waals surface area contributed by atoms with E-state index in [-0.39, 0.29) is 38.4 Å². The molecule has 0 saturated carbocycles. The molecule has 0 saturated heterocycles. The monoisotopic (exact) mass is 372 g/mol. The normalized spacial score (nSPS) is 12.4. The molecular formula is C14H24N6O6. The van der Waals surface area contributed by atoms with Crippen molar-refractivity contribution in [3.05, 3.63) is 10.4 Å². The number of nitrogens with one attached hydrogen (secondary N) is 2. The van der Waals surface area contributed by atoms with Crippen LogP contribution in [0.25, 0.3) is 10.4 Å². The first-order valence-corrected chi connectivity index (χ1v) is 7.91. The fourth-order valence-corrected chi connectivity index (χ4v) is 1.85. The lowest BCUT2D eigenvalue weighted by atomic mass is 10.0. The minimum absolute atomic E-state index is 0.0500. The molecule has 0 aliphatic heterocycles. The van der Waals surface area contributed by atoms with Gasteiger partial charge in [-0.1, -0.05) is 5.11 Å². The van der Waals surface area contributed by atoms with Crippen LogP contribution in [0.4, 0.5) is 0 Å². The summed E-state index contributed by atoms with van der Waals surface area (Å²) >= 11 is 0. The Bertz CT molecular complexity index is 548. The van der Waals surface area contributed by atoms with Crippen molar-refractivity contribution in [3.63, 3.8) is 0 Å². The molecule has 26 heavy (non-hydrogen) atoms. The summed E-state index contributed by atoms with van der Waals surface area (Å²) in [4.78, 5) is 48.8. The second-order valence-electron chi connectivity index (χ2n) is 5.28. The number of hydrogen-bond acceptors (Lipinski definition) is 7. The Balaban J connectivity index is 4.49. The number of aliphatic carboxylic acids is 1. The summed E-state index contributed by atoms with van der Waals surface area (Å²) in [6.07, 6.45) is -0.366. The van der Waals surface area contributed by atoms with Gasteiger partial charge in [0.2, 0.25) is 11.8 Å². The maximum Gasteiger partial charge on any atom is 0.321 e. The number of nitrogens with zero attached hydrogens (tertiary/aromatic N) is 3. The van der Waals surface area contributed by atoms with Crippen molar-refractivity contribution in [1.82, 2.24) is 10.6 Å². The van der Waals surface area contributed by atoms with Gasteiger partial charge < -0.3 is 26.2 Å². The average molecular weight is 372 g/mol. The van der Waals surface area contributed by atoms with Crippen LogP contribution >= 0.6 is 0 Å². The number of hydrogen-bond donors (Lipinski definition) is 4. The number of carbonyl (C=O) groups is 4. The minimum atomic E-state index is -1.39. The van der Waals surface area contributed by atoms with Gasteiger partial charge in [0.05, 0.1) is 25.5 Å². The fraction of sp³-hybridized carbons (Fsp3) is 0.714. The lowest BCUT2D eigenvalue weighted by Gasteiger charge is -2.18. The molecule has 0 aliphatic carbocycles. The van der Waals surface area contributed by atoms with Crippen molar-refractivity contribution in [2.45, 2.75) is 37.8 Å². The molecule has 0 radical (unpaired) electrons. The molecule has 2 atom stereocenters. The molecule has 0 aromatic heterocycles. The summed E-state index contributed by atoms with van der Waals surface area (Å²) in [5, 5.41) is 16.7. The van der Waals surface area contributed by atoms with Crippen LogP contribution in [0.1, 0.15) is 25.7 Å². The number of ether oxygens (including phenoxy) is 1. The molecule has 146 valence electrons. The van der Waals surface area contributed by atoms with Gasteiger partial charge in [-0.2, -0.15) is 0 Å². The van der Waals surface area contributed by atoms with Crippen LogP contribution < -0.4 is 16.4 Å². The van der Waals surface area contributed by atoms with E-state index in [4.69, 9.17) is 21.1 Å². The van der Waals surface area contributed by atoms with E-state index in [9.17, 15) is 19.2 Å². The third-order valence-electron chi connectivity index (χ3n) is 3.23. The highest BCUT2D eigenvalue weighted by Crippen LogP contribution is 2.03. The maximum atomic E-state index is 12.2. The number of Topliss-reactive ketones (excluding diaryl/α,β-unsaturated/α-hetero) is 1. The number of nitrogens with two attached hydrogens (primary N) is 1. The maximum absolute atomic E-state index is 12.2. The number of rotatable bonds is 14. The van der Waals surface area contributed by atoms with Crippen LogP contribution in [0.2, 0.25) is 0 Å². The van der Waals surface area contributed by atoms with Crippen LogP contribution in [0, 0.1) is 0 Å². The smallest absolute Gasteiger partial charge is 0.321 e. The number of carboxylic acids is 1. The van der Waals surface area contributed by atoms with Crippen molar-refractivity contribution < 1.29 is 29.0 Å². The molecule has 0 bridgehead atoms. The highest BCUT2D eigenvalue weighted by molar-refractivity contribution is 5.94. The van der Waals surface area contributed by atoms with E-state index in [0.29, 0.717) is 6.42 Å². The zero-order valence-corrected chi connectivity index (χ0v) is 14.5. The van der Waals surface area contributed by atoms with Gasteiger partial charge in [-0.25, -0.2) is 0 Å². The van der Waals surface area contributed by atoms with Gasteiger partial charge in [-0.3, -0.25) is 19.2 Å². The van der Waals surface area contributed by atoms with E-state index < -0.39 is 36.3 Å². The fourth-order valence-electron chi connectivity index (χ4n) is 1.85. The molecule has 0 rings (SSSR count). The molecule has 12 nitrogen and oxygen atoms in total. The molecule has 0 aliphatic rings. The quantitative estimate of drug-likeness (QED) is 0.131. The summed E-state index contributed by atoms with van der Waals surface area (Å²) < 4.78 is 5.16. The zero-order chi connectivity index (χ0) is 19.9. The second-order valence-corrected chi connectivity index (χ2v) is 5.28. The van der Waals surface area contributed by atoms with Crippen LogP contribution in [0.5, 0.6) is 0 Å². The van der Waals surface area contributed by atoms with Crippen molar-refractivity contribution >= 4 is 23.6 Å². The van der Waals surface area contributed by atoms with Crippen molar-refractivity contribution in [2.75, 3.05) is 26.8 Å². The first-order valence-electron chi connectivity index (χ1n) is 7.91. The SMILES string of the molecule is CNC(=O)CC(NC(=O)CC(N)C(=O)O)C(=O)CCCOCCN=[N+]=[N-]. The minimum Gasteiger partial charge on any atom is -0.480 e. The summed E-state index contributed by atoms with van der Waals surface area (Å²) in [6.45, 7) is 0.657. The lowest BCUT2D eigenvalue weighted by molar-refractivity contribution is -0.140. The summed E-state index contributed by atoms with van der Waals surface area (Å²) in [5.41, 5.74) is 13.4. The van der Waals surface area contributed by atoms with E-state index in [1.807, 2.05) is 0 Å². The molecular weight excluding hydrogens is 348 g/mol. The largest absolute Gasteiger partial charge is 0.480 e.